The fraction of sp³-hybridized carbons (Fsp3) is 0.467. The van der Waals surface area contributed by atoms with Crippen LogP contribution in [0.25, 0.3) is 0 Å². The molecule has 3 N–H and O–H groups in total. The molecule has 0 radical (unpaired) electrons. The van der Waals surface area contributed by atoms with Crippen molar-refractivity contribution >= 4 is 11.9 Å². The van der Waals surface area contributed by atoms with Gasteiger partial charge in [-0.15, -0.1) is 0 Å². The maximum Gasteiger partial charge on any atom is 0.306 e. The second kappa shape index (κ2) is 5.25. The number of carboxylic acid groups (broad SMARTS) is 1. The highest BCUT2D eigenvalue weighted by molar-refractivity contribution is 5.94. The summed E-state index contributed by atoms with van der Waals surface area (Å²) < 4.78 is 0. The Labute approximate surface area is 117 Å². The molecular weight excluding hydrogens is 256 g/mol. The van der Waals surface area contributed by atoms with E-state index in [2.05, 4.69) is 10.6 Å². The third kappa shape index (κ3) is 2.54. The summed E-state index contributed by atoms with van der Waals surface area (Å²) in [5.74, 6) is -1.18. The number of hydrogen-bond donors (Lipinski definition) is 3. The zero-order valence-corrected chi connectivity index (χ0v) is 11.2. The number of carboxylic acids is 1. The fourth-order valence-corrected chi connectivity index (χ4v) is 3.04. The molecule has 5 nitrogen and oxygen atoms in total. The molecule has 1 fully saturated rings. The summed E-state index contributed by atoms with van der Waals surface area (Å²) in [6.07, 6.45) is 1.93. The van der Waals surface area contributed by atoms with E-state index in [1.165, 1.54) is 11.1 Å². The maximum atomic E-state index is 12.2. The van der Waals surface area contributed by atoms with Crippen molar-refractivity contribution in [3.05, 3.63) is 34.9 Å². The molecule has 0 saturated heterocycles. The summed E-state index contributed by atoms with van der Waals surface area (Å²) in [6.45, 7) is 1.67. The number of hydrogen-bond acceptors (Lipinski definition) is 3. The van der Waals surface area contributed by atoms with Gasteiger partial charge >= 0.3 is 5.97 Å². The van der Waals surface area contributed by atoms with Crippen LogP contribution < -0.4 is 10.6 Å². The Bertz CT molecular complexity index is 556. The first-order chi connectivity index (χ1) is 9.63. The van der Waals surface area contributed by atoms with Crippen molar-refractivity contribution in [3.8, 4) is 0 Å². The van der Waals surface area contributed by atoms with Crippen LogP contribution in [0.4, 0.5) is 0 Å². The molecule has 5 heteroatoms. The summed E-state index contributed by atoms with van der Waals surface area (Å²) in [5.41, 5.74) is 3.08. The van der Waals surface area contributed by atoms with E-state index in [9.17, 15) is 9.59 Å². The molecule has 1 amide bonds. The van der Waals surface area contributed by atoms with E-state index in [4.69, 9.17) is 5.11 Å². The number of fused-ring (bicyclic) bond motifs is 1. The van der Waals surface area contributed by atoms with E-state index in [0.717, 1.165) is 19.5 Å². The van der Waals surface area contributed by atoms with Crippen LogP contribution in [0.15, 0.2) is 18.2 Å². The molecule has 2 aliphatic rings. The lowest BCUT2D eigenvalue weighted by atomic mass is 10.1. The number of nitrogens with one attached hydrogen (secondary N) is 2. The molecule has 2 unspecified atom stereocenters. The van der Waals surface area contributed by atoms with Crippen LogP contribution >= 0.6 is 0 Å². The standard InChI is InChI=1S/C15H18N2O3/c18-14(17-13-4-3-10(6-13)15(19)20)9-1-2-11-7-16-8-12(11)5-9/h1-2,5,10,13,16H,3-4,6-8H2,(H,17,18)(H,19,20). The van der Waals surface area contributed by atoms with Gasteiger partial charge in [-0.25, -0.2) is 0 Å². The van der Waals surface area contributed by atoms with Gasteiger partial charge in [-0.2, -0.15) is 0 Å². The van der Waals surface area contributed by atoms with Crippen molar-refractivity contribution in [2.45, 2.75) is 38.4 Å². The third-order valence-corrected chi connectivity index (χ3v) is 4.22. The summed E-state index contributed by atoms with van der Waals surface area (Å²) in [5, 5.41) is 15.2. The van der Waals surface area contributed by atoms with Gasteiger partial charge in [0, 0.05) is 24.7 Å². The minimum atomic E-state index is -0.759. The van der Waals surface area contributed by atoms with Gasteiger partial charge in [-0.3, -0.25) is 9.59 Å². The van der Waals surface area contributed by atoms with Gasteiger partial charge in [0.2, 0.25) is 0 Å². The van der Waals surface area contributed by atoms with Crippen LogP contribution in [-0.4, -0.2) is 23.0 Å². The minimum absolute atomic E-state index is 0.0185. The van der Waals surface area contributed by atoms with E-state index in [-0.39, 0.29) is 17.9 Å². The lowest BCUT2D eigenvalue weighted by Gasteiger charge is -2.13. The normalized spacial score (nSPS) is 24.4. The number of carbonyl (C=O) groups is 2. The van der Waals surface area contributed by atoms with Gasteiger partial charge in [0.05, 0.1) is 5.92 Å². The highest BCUT2D eigenvalue weighted by Gasteiger charge is 2.30. The van der Waals surface area contributed by atoms with Crippen molar-refractivity contribution < 1.29 is 14.7 Å². The topological polar surface area (TPSA) is 78.4 Å². The van der Waals surface area contributed by atoms with Gasteiger partial charge in [0.15, 0.2) is 0 Å². The number of aliphatic carboxylic acids is 1. The van der Waals surface area contributed by atoms with Crippen molar-refractivity contribution in [2.75, 3.05) is 0 Å². The lowest BCUT2D eigenvalue weighted by Crippen LogP contribution is -2.33. The zero-order valence-electron chi connectivity index (χ0n) is 11.2. The van der Waals surface area contributed by atoms with Crippen LogP contribution in [0.2, 0.25) is 0 Å². The Morgan fingerprint density at radius 1 is 1.20 bits per heavy atom. The first kappa shape index (κ1) is 13.1. The molecule has 1 aromatic carbocycles. The van der Waals surface area contributed by atoms with E-state index >= 15 is 0 Å². The van der Waals surface area contributed by atoms with E-state index in [1.54, 1.807) is 0 Å². The molecule has 1 saturated carbocycles. The largest absolute Gasteiger partial charge is 0.481 e. The van der Waals surface area contributed by atoms with Crippen molar-refractivity contribution in [1.29, 1.82) is 0 Å². The molecular formula is C15H18N2O3. The van der Waals surface area contributed by atoms with Gasteiger partial charge in [-0.1, -0.05) is 6.07 Å². The molecule has 1 aromatic rings. The summed E-state index contributed by atoms with van der Waals surface area (Å²) >= 11 is 0. The Morgan fingerprint density at radius 2 is 2.00 bits per heavy atom. The molecule has 106 valence electrons. The lowest BCUT2D eigenvalue weighted by molar-refractivity contribution is -0.141. The van der Waals surface area contributed by atoms with E-state index < -0.39 is 5.97 Å². The van der Waals surface area contributed by atoms with Crippen LogP contribution in [0.1, 0.15) is 40.7 Å². The molecule has 1 aliphatic carbocycles. The second-order valence-corrected chi connectivity index (χ2v) is 5.61. The average Bonchev–Trinajstić information content (AvgIpc) is 3.05. The Balaban J connectivity index is 1.64. The van der Waals surface area contributed by atoms with Crippen LogP contribution in [-0.2, 0) is 17.9 Å². The monoisotopic (exact) mass is 274 g/mol. The average molecular weight is 274 g/mol. The number of benzene rings is 1. The van der Waals surface area contributed by atoms with Gasteiger partial charge in [0.25, 0.3) is 5.91 Å². The predicted molar refractivity (Wildman–Crippen MR) is 73.2 cm³/mol. The summed E-state index contributed by atoms with van der Waals surface area (Å²) in [6, 6.07) is 5.73. The molecule has 0 bridgehead atoms. The molecule has 20 heavy (non-hydrogen) atoms. The van der Waals surface area contributed by atoms with Crippen LogP contribution in [0, 0.1) is 5.92 Å². The smallest absolute Gasteiger partial charge is 0.306 e. The number of rotatable bonds is 3. The molecule has 1 aliphatic heterocycles. The Morgan fingerprint density at radius 3 is 2.75 bits per heavy atom. The number of amides is 1. The predicted octanol–water partition coefficient (Wildman–Crippen LogP) is 1.27. The van der Waals surface area contributed by atoms with Crippen molar-refractivity contribution in [1.82, 2.24) is 10.6 Å². The molecule has 3 rings (SSSR count). The van der Waals surface area contributed by atoms with Crippen molar-refractivity contribution in [2.24, 2.45) is 5.92 Å². The quantitative estimate of drug-likeness (QED) is 0.775. The molecule has 2 atom stereocenters. The van der Waals surface area contributed by atoms with Crippen LogP contribution in [0.3, 0.4) is 0 Å². The third-order valence-electron chi connectivity index (χ3n) is 4.22. The van der Waals surface area contributed by atoms with E-state index in [0.29, 0.717) is 18.4 Å². The molecule has 0 aromatic heterocycles. The second-order valence-electron chi connectivity index (χ2n) is 5.61. The maximum absolute atomic E-state index is 12.2. The van der Waals surface area contributed by atoms with Crippen LogP contribution in [0.5, 0.6) is 0 Å². The zero-order chi connectivity index (χ0) is 14.1. The van der Waals surface area contributed by atoms with Gasteiger partial charge in [0.1, 0.15) is 0 Å². The SMILES string of the molecule is O=C(NC1CCC(C(=O)O)C1)c1ccc2c(c1)CNC2. The fourth-order valence-electron chi connectivity index (χ4n) is 3.04. The highest BCUT2D eigenvalue weighted by atomic mass is 16.4. The molecule has 1 heterocycles. The first-order valence-electron chi connectivity index (χ1n) is 6.99. The summed E-state index contributed by atoms with van der Waals surface area (Å²) in [7, 11) is 0. The summed E-state index contributed by atoms with van der Waals surface area (Å²) in [4.78, 5) is 23.1. The van der Waals surface area contributed by atoms with Gasteiger partial charge < -0.3 is 15.7 Å². The van der Waals surface area contributed by atoms with Crippen molar-refractivity contribution in [3.63, 3.8) is 0 Å². The van der Waals surface area contributed by atoms with Gasteiger partial charge in [-0.05, 0) is 42.5 Å². The first-order valence-corrected chi connectivity index (χ1v) is 6.99. The Hall–Kier alpha value is -1.88. The minimum Gasteiger partial charge on any atom is -0.481 e. The molecule has 0 spiro atoms. The van der Waals surface area contributed by atoms with E-state index in [1.807, 2.05) is 18.2 Å². The highest BCUT2D eigenvalue weighted by Crippen LogP contribution is 2.26. The number of carbonyl (C=O) groups excluding carboxylic acids is 1. The Kier molecular flexibility index (Phi) is 3.44.